The Morgan fingerprint density at radius 2 is 1.92 bits per heavy atom. The predicted octanol–water partition coefficient (Wildman–Crippen LogP) is 3.12. The third-order valence-electron chi connectivity index (χ3n) is 4.12. The number of nitrogens with zero attached hydrogens (tertiary/aromatic N) is 2. The molecular weight excluding hydrogens is 350 g/mol. The van der Waals surface area contributed by atoms with Gasteiger partial charge >= 0.3 is 0 Å². The van der Waals surface area contributed by atoms with Gasteiger partial charge in [0.2, 0.25) is 0 Å². The number of sulfone groups is 1. The van der Waals surface area contributed by atoms with Gasteiger partial charge in [-0.2, -0.15) is 5.10 Å². The Bertz CT molecular complexity index is 770. The van der Waals surface area contributed by atoms with Gasteiger partial charge < -0.3 is 9.64 Å². The fraction of sp³-hybridized carbons (Fsp3) is 0.526. The molecule has 1 aromatic carbocycles. The van der Waals surface area contributed by atoms with Gasteiger partial charge in [0.1, 0.15) is 15.6 Å². The minimum atomic E-state index is -2.93. The molecule has 0 atom stereocenters. The number of rotatable bonds is 11. The summed E-state index contributed by atoms with van der Waals surface area (Å²) in [5.74, 6) is 0.886. The molecule has 7 heteroatoms. The zero-order valence-electron chi connectivity index (χ0n) is 15.9. The molecule has 0 aliphatic carbocycles. The Morgan fingerprint density at radius 1 is 1.19 bits per heavy atom. The Kier molecular flexibility index (Phi) is 7.66. The molecule has 6 nitrogen and oxygen atoms in total. The summed E-state index contributed by atoms with van der Waals surface area (Å²) in [4.78, 5) is 2.30. The van der Waals surface area contributed by atoms with Crippen LogP contribution in [0.4, 0.5) is 0 Å². The molecule has 0 saturated heterocycles. The van der Waals surface area contributed by atoms with Crippen molar-refractivity contribution in [2.24, 2.45) is 0 Å². The second-order valence-electron chi connectivity index (χ2n) is 6.72. The van der Waals surface area contributed by atoms with Crippen molar-refractivity contribution in [3.05, 3.63) is 36.0 Å². The maximum absolute atomic E-state index is 11.1. The molecule has 0 amide bonds. The molecule has 0 spiro atoms. The Hall–Kier alpha value is -1.86. The topological polar surface area (TPSA) is 75.3 Å². The number of hydrogen-bond acceptors (Lipinski definition) is 5. The first-order chi connectivity index (χ1) is 12.4. The van der Waals surface area contributed by atoms with E-state index < -0.39 is 9.84 Å². The van der Waals surface area contributed by atoms with Crippen molar-refractivity contribution in [3.63, 3.8) is 0 Å². The van der Waals surface area contributed by atoms with E-state index in [1.807, 2.05) is 30.5 Å². The number of benzene rings is 1. The number of hydrogen-bond donors (Lipinski definition) is 1. The summed E-state index contributed by atoms with van der Waals surface area (Å²) in [6.07, 6.45) is 6.00. The number of aromatic nitrogens is 2. The molecule has 0 fully saturated rings. The molecular formula is C19H29N3O3S. The maximum atomic E-state index is 11.1. The molecule has 0 saturated carbocycles. The second-order valence-corrected chi connectivity index (χ2v) is 8.98. The van der Waals surface area contributed by atoms with Crippen LogP contribution in [0, 0.1) is 0 Å². The zero-order valence-corrected chi connectivity index (χ0v) is 16.7. The first kappa shape index (κ1) is 20.5. The lowest BCUT2D eigenvalue weighted by Crippen LogP contribution is -2.19. The average Bonchev–Trinajstić information content (AvgIpc) is 3.04. The van der Waals surface area contributed by atoms with E-state index in [0.29, 0.717) is 13.0 Å². The summed E-state index contributed by atoms with van der Waals surface area (Å²) in [6.45, 7) is 4.52. The van der Waals surface area contributed by atoms with E-state index in [4.69, 9.17) is 4.74 Å². The molecule has 2 rings (SSSR count). The molecule has 0 bridgehead atoms. The van der Waals surface area contributed by atoms with E-state index in [2.05, 4.69) is 29.1 Å². The van der Waals surface area contributed by atoms with Crippen LogP contribution in [0.15, 0.2) is 30.5 Å². The van der Waals surface area contributed by atoms with Crippen molar-refractivity contribution >= 4 is 9.84 Å². The normalized spacial score (nSPS) is 11.8. The van der Waals surface area contributed by atoms with Gasteiger partial charge in [0.15, 0.2) is 0 Å². The summed E-state index contributed by atoms with van der Waals surface area (Å²) in [6, 6.07) is 7.80. The van der Waals surface area contributed by atoms with Gasteiger partial charge in [-0.1, -0.05) is 13.3 Å². The first-order valence-corrected chi connectivity index (χ1v) is 11.1. The Balaban J connectivity index is 1.93. The minimum absolute atomic E-state index is 0.147. The summed E-state index contributed by atoms with van der Waals surface area (Å²) < 4.78 is 27.8. The minimum Gasteiger partial charge on any atom is -0.494 e. The fourth-order valence-corrected chi connectivity index (χ4v) is 3.35. The second kappa shape index (κ2) is 9.73. The monoisotopic (exact) mass is 379 g/mol. The zero-order chi connectivity index (χ0) is 19.0. The van der Waals surface area contributed by atoms with Gasteiger partial charge in [-0.3, -0.25) is 5.10 Å². The Labute approximate surface area is 156 Å². The van der Waals surface area contributed by atoms with E-state index >= 15 is 0 Å². The molecule has 1 N–H and O–H groups in total. The average molecular weight is 380 g/mol. The number of ether oxygens (including phenoxy) is 1. The van der Waals surface area contributed by atoms with Crippen LogP contribution in [0.2, 0.25) is 0 Å². The van der Waals surface area contributed by atoms with Crippen molar-refractivity contribution < 1.29 is 13.2 Å². The van der Waals surface area contributed by atoms with E-state index in [-0.39, 0.29) is 5.75 Å². The van der Waals surface area contributed by atoms with E-state index in [1.165, 1.54) is 24.7 Å². The number of unbranched alkanes of at least 4 members (excludes halogenated alkanes) is 1. The molecule has 0 unspecified atom stereocenters. The van der Waals surface area contributed by atoms with Crippen LogP contribution in [0.1, 0.15) is 31.7 Å². The lowest BCUT2D eigenvalue weighted by molar-refractivity contribution is 0.317. The van der Waals surface area contributed by atoms with Gasteiger partial charge in [0.25, 0.3) is 0 Å². The number of aromatic amines is 1. The summed E-state index contributed by atoms with van der Waals surface area (Å²) in [5, 5.41) is 7.29. The molecule has 0 aliphatic heterocycles. The quantitative estimate of drug-likeness (QED) is 0.607. The van der Waals surface area contributed by atoms with E-state index in [1.54, 1.807) is 0 Å². The van der Waals surface area contributed by atoms with Gasteiger partial charge in [0.05, 0.1) is 24.3 Å². The van der Waals surface area contributed by atoms with Crippen molar-refractivity contribution in [1.29, 1.82) is 0 Å². The van der Waals surface area contributed by atoms with Gasteiger partial charge in [-0.15, -0.1) is 0 Å². The third-order valence-corrected chi connectivity index (χ3v) is 5.15. The predicted molar refractivity (Wildman–Crippen MR) is 105 cm³/mol. The Morgan fingerprint density at radius 3 is 2.58 bits per heavy atom. The van der Waals surface area contributed by atoms with Crippen LogP contribution in [0.5, 0.6) is 5.75 Å². The fourth-order valence-electron chi connectivity index (χ4n) is 2.71. The lowest BCUT2D eigenvalue weighted by Gasteiger charge is -2.16. The van der Waals surface area contributed by atoms with Crippen LogP contribution >= 0.6 is 0 Å². The molecule has 26 heavy (non-hydrogen) atoms. The highest BCUT2D eigenvalue weighted by atomic mass is 32.2. The molecule has 144 valence electrons. The van der Waals surface area contributed by atoms with E-state index in [9.17, 15) is 8.42 Å². The van der Waals surface area contributed by atoms with Crippen LogP contribution in [-0.2, 0) is 16.4 Å². The number of nitrogens with one attached hydrogen (secondary N) is 1. The van der Waals surface area contributed by atoms with Gasteiger partial charge in [-0.05, 0) is 50.7 Å². The highest BCUT2D eigenvalue weighted by molar-refractivity contribution is 7.90. The first-order valence-electron chi connectivity index (χ1n) is 9.01. The van der Waals surface area contributed by atoms with Crippen LogP contribution < -0.4 is 4.74 Å². The standard InChI is InChI=1S/C19H29N3O3S/c1-4-5-11-22(2)15-17-14-20-21-19(17)16-7-9-18(10-8-16)25-12-6-13-26(3,23)24/h7-10,14H,4-6,11-13,15H2,1-3H3,(H,20,21). The van der Waals surface area contributed by atoms with Crippen LogP contribution in [-0.4, -0.2) is 55.7 Å². The summed E-state index contributed by atoms with van der Waals surface area (Å²) in [5.41, 5.74) is 3.26. The van der Waals surface area contributed by atoms with Gasteiger partial charge in [-0.25, -0.2) is 8.42 Å². The smallest absolute Gasteiger partial charge is 0.147 e. The van der Waals surface area contributed by atoms with Crippen molar-refractivity contribution in [3.8, 4) is 17.0 Å². The maximum Gasteiger partial charge on any atom is 0.147 e. The highest BCUT2D eigenvalue weighted by Gasteiger charge is 2.10. The van der Waals surface area contributed by atoms with Crippen LogP contribution in [0.3, 0.4) is 0 Å². The molecule has 2 aromatic rings. The van der Waals surface area contributed by atoms with Crippen LogP contribution in [0.25, 0.3) is 11.3 Å². The largest absolute Gasteiger partial charge is 0.494 e. The number of H-pyrrole nitrogens is 1. The van der Waals surface area contributed by atoms with Gasteiger partial charge in [0, 0.05) is 23.9 Å². The highest BCUT2D eigenvalue weighted by Crippen LogP contribution is 2.24. The van der Waals surface area contributed by atoms with Crippen molar-refractivity contribution in [1.82, 2.24) is 15.1 Å². The molecule has 1 heterocycles. The SMILES string of the molecule is CCCCN(C)Cc1cn[nH]c1-c1ccc(OCCCS(C)(=O)=O)cc1. The molecule has 1 aromatic heterocycles. The van der Waals surface area contributed by atoms with E-state index in [0.717, 1.165) is 30.1 Å². The summed E-state index contributed by atoms with van der Waals surface area (Å²) in [7, 11) is -0.806. The van der Waals surface area contributed by atoms with Crippen molar-refractivity contribution in [2.45, 2.75) is 32.7 Å². The molecule has 0 aliphatic rings. The lowest BCUT2D eigenvalue weighted by atomic mass is 10.1. The summed E-state index contributed by atoms with van der Waals surface area (Å²) >= 11 is 0. The van der Waals surface area contributed by atoms with Crippen molar-refractivity contribution in [2.75, 3.05) is 32.2 Å². The molecule has 0 radical (unpaired) electrons. The third kappa shape index (κ3) is 6.80.